The average Bonchev–Trinajstić information content (AvgIpc) is 3.08. The lowest BCUT2D eigenvalue weighted by molar-refractivity contribution is 0.0518. The highest BCUT2D eigenvalue weighted by Crippen LogP contribution is 2.45. The minimum atomic E-state index is -0.384. The van der Waals surface area contributed by atoms with E-state index in [1.54, 1.807) is 25.8 Å². The second kappa shape index (κ2) is 6.88. The maximum atomic E-state index is 12.5. The lowest BCUT2D eigenvalue weighted by Crippen LogP contribution is -2.08. The van der Waals surface area contributed by atoms with E-state index in [4.69, 9.17) is 9.47 Å². The molecule has 4 rings (SSSR count). The Morgan fingerprint density at radius 1 is 1.23 bits per heavy atom. The van der Waals surface area contributed by atoms with Gasteiger partial charge in [-0.25, -0.2) is 9.48 Å². The Morgan fingerprint density at radius 3 is 2.77 bits per heavy atom. The number of aromatic nitrogens is 2. The van der Waals surface area contributed by atoms with Crippen molar-refractivity contribution in [1.29, 1.82) is 0 Å². The number of benzene rings is 2. The number of thioether (sulfide) groups is 1. The zero-order valence-corrected chi connectivity index (χ0v) is 15.4. The number of esters is 1. The molecular weight excluding hydrogens is 348 g/mol. The van der Waals surface area contributed by atoms with Gasteiger partial charge in [-0.05, 0) is 37.3 Å². The van der Waals surface area contributed by atoms with Crippen LogP contribution in [0.1, 0.15) is 23.0 Å². The summed E-state index contributed by atoms with van der Waals surface area (Å²) in [6.45, 7) is 2.12. The van der Waals surface area contributed by atoms with Crippen molar-refractivity contribution in [1.82, 2.24) is 9.78 Å². The molecule has 0 atom stereocenters. The largest absolute Gasteiger partial charge is 0.497 e. The fourth-order valence-electron chi connectivity index (χ4n) is 3.08. The zero-order chi connectivity index (χ0) is 18.1. The minimum absolute atomic E-state index is 0.323. The predicted octanol–water partition coefficient (Wildman–Crippen LogP) is 4.33. The predicted molar refractivity (Wildman–Crippen MR) is 101 cm³/mol. The number of methoxy groups -OCH3 is 1. The summed E-state index contributed by atoms with van der Waals surface area (Å²) in [5.41, 5.74) is 4.12. The topological polar surface area (TPSA) is 53.3 Å². The molecule has 2 aromatic carbocycles. The third-order valence-electron chi connectivity index (χ3n) is 4.27. The second-order valence-corrected chi connectivity index (χ2v) is 6.81. The molecule has 0 N–H and O–H groups in total. The molecule has 2 heterocycles. The number of ether oxygens (including phenoxy) is 2. The molecule has 0 fully saturated rings. The number of carbonyl (C=O) groups excluding carboxylic acids is 1. The minimum Gasteiger partial charge on any atom is -0.497 e. The van der Waals surface area contributed by atoms with Crippen LogP contribution in [-0.2, 0) is 10.5 Å². The first-order valence-corrected chi connectivity index (χ1v) is 9.37. The number of carbonyl (C=O) groups is 1. The Balaban J connectivity index is 1.97. The third-order valence-corrected chi connectivity index (χ3v) is 5.37. The van der Waals surface area contributed by atoms with Crippen LogP contribution in [0.5, 0.6) is 5.75 Å². The summed E-state index contributed by atoms with van der Waals surface area (Å²) >= 11 is 1.69. The van der Waals surface area contributed by atoms with Crippen molar-refractivity contribution in [2.24, 2.45) is 0 Å². The summed E-state index contributed by atoms with van der Waals surface area (Å²) in [6, 6.07) is 15.8. The first-order valence-electron chi connectivity index (χ1n) is 8.38. The van der Waals surface area contributed by atoms with E-state index in [0.717, 1.165) is 33.2 Å². The summed E-state index contributed by atoms with van der Waals surface area (Å²) in [7, 11) is 1.65. The molecule has 0 spiro atoms. The summed E-state index contributed by atoms with van der Waals surface area (Å²) in [5, 5.41) is 4.62. The van der Waals surface area contributed by atoms with Crippen LogP contribution in [0.2, 0.25) is 0 Å². The van der Waals surface area contributed by atoms with Gasteiger partial charge in [0.25, 0.3) is 0 Å². The molecule has 0 radical (unpaired) electrons. The Hall–Kier alpha value is -2.73. The molecule has 0 saturated carbocycles. The summed E-state index contributed by atoms with van der Waals surface area (Å²) in [4.78, 5) is 13.6. The van der Waals surface area contributed by atoms with Crippen molar-refractivity contribution in [2.75, 3.05) is 13.7 Å². The third kappa shape index (κ3) is 2.76. The molecule has 26 heavy (non-hydrogen) atoms. The molecule has 1 aromatic heterocycles. The SMILES string of the molecule is CCOC(=O)c1nn(-c2ccccc2)c2c1CSc1ccc(OC)cc1-2. The standard InChI is InChI=1S/C20H18N2O3S/c1-3-25-20(23)18-16-12-26-17-10-9-14(24-2)11-15(17)19(16)22(21-18)13-7-5-4-6-8-13/h4-11H,3,12H2,1-2H3. The Morgan fingerprint density at radius 2 is 2.04 bits per heavy atom. The molecule has 0 amide bonds. The molecule has 0 unspecified atom stereocenters. The summed E-state index contributed by atoms with van der Waals surface area (Å²) in [6.07, 6.45) is 0. The van der Waals surface area contributed by atoms with Crippen molar-refractivity contribution in [3.63, 3.8) is 0 Å². The van der Waals surface area contributed by atoms with E-state index in [0.29, 0.717) is 18.1 Å². The smallest absolute Gasteiger partial charge is 0.359 e. The maximum absolute atomic E-state index is 12.5. The van der Waals surface area contributed by atoms with Gasteiger partial charge in [-0.3, -0.25) is 0 Å². The molecule has 0 saturated heterocycles. The van der Waals surface area contributed by atoms with Gasteiger partial charge in [0.15, 0.2) is 5.69 Å². The van der Waals surface area contributed by atoms with E-state index >= 15 is 0 Å². The molecular formula is C20H18N2O3S. The first kappa shape index (κ1) is 16.7. The van der Waals surface area contributed by atoms with Gasteiger partial charge in [0.2, 0.25) is 0 Å². The zero-order valence-electron chi connectivity index (χ0n) is 14.6. The Labute approximate surface area is 155 Å². The van der Waals surface area contributed by atoms with Crippen LogP contribution in [0.3, 0.4) is 0 Å². The monoisotopic (exact) mass is 366 g/mol. The number of fused-ring (bicyclic) bond motifs is 3. The molecule has 0 aliphatic carbocycles. The molecule has 1 aliphatic rings. The normalized spacial score (nSPS) is 12.2. The Bertz CT molecular complexity index is 967. The van der Waals surface area contributed by atoms with E-state index < -0.39 is 0 Å². The van der Waals surface area contributed by atoms with Gasteiger partial charge in [0.1, 0.15) is 5.75 Å². The van der Waals surface area contributed by atoms with Gasteiger partial charge < -0.3 is 9.47 Å². The van der Waals surface area contributed by atoms with Crippen LogP contribution < -0.4 is 4.74 Å². The van der Waals surface area contributed by atoms with Crippen LogP contribution >= 0.6 is 11.8 Å². The fraction of sp³-hybridized carbons (Fsp3) is 0.200. The highest BCUT2D eigenvalue weighted by molar-refractivity contribution is 7.98. The van der Waals surface area contributed by atoms with Gasteiger partial charge in [-0.2, -0.15) is 5.10 Å². The highest BCUT2D eigenvalue weighted by Gasteiger charge is 2.30. The van der Waals surface area contributed by atoms with Crippen LogP contribution in [0.4, 0.5) is 0 Å². The van der Waals surface area contributed by atoms with E-state index in [-0.39, 0.29) is 5.97 Å². The number of nitrogens with zero attached hydrogens (tertiary/aromatic N) is 2. The fourth-order valence-corrected chi connectivity index (χ4v) is 4.13. The van der Waals surface area contributed by atoms with Crippen molar-refractivity contribution < 1.29 is 14.3 Å². The van der Waals surface area contributed by atoms with Crippen molar-refractivity contribution in [2.45, 2.75) is 17.6 Å². The Kier molecular flexibility index (Phi) is 4.42. The molecule has 1 aliphatic heterocycles. The molecule has 132 valence electrons. The van der Waals surface area contributed by atoms with Gasteiger partial charge in [0, 0.05) is 21.8 Å². The van der Waals surface area contributed by atoms with Crippen molar-refractivity contribution >= 4 is 17.7 Å². The van der Waals surface area contributed by atoms with Gasteiger partial charge >= 0.3 is 5.97 Å². The number of hydrogen-bond acceptors (Lipinski definition) is 5. The van der Waals surface area contributed by atoms with Crippen LogP contribution in [0.25, 0.3) is 16.9 Å². The van der Waals surface area contributed by atoms with Gasteiger partial charge in [-0.15, -0.1) is 11.8 Å². The van der Waals surface area contributed by atoms with Crippen LogP contribution in [-0.4, -0.2) is 29.5 Å². The highest BCUT2D eigenvalue weighted by atomic mass is 32.2. The van der Waals surface area contributed by atoms with Crippen molar-refractivity contribution in [3.8, 4) is 22.7 Å². The first-order chi connectivity index (χ1) is 12.7. The molecule has 3 aromatic rings. The van der Waals surface area contributed by atoms with Crippen molar-refractivity contribution in [3.05, 3.63) is 59.8 Å². The van der Waals surface area contributed by atoms with E-state index in [1.165, 1.54) is 0 Å². The van der Waals surface area contributed by atoms with Crippen LogP contribution in [0, 0.1) is 0 Å². The quantitative estimate of drug-likeness (QED) is 0.643. The average molecular weight is 366 g/mol. The summed E-state index contributed by atoms with van der Waals surface area (Å²) < 4.78 is 12.5. The van der Waals surface area contributed by atoms with E-state index in [1.807, 2.05) is 53.2 Å². The lowest BCUT2D eigenvalue weighted by atomic mass is 10.0. The second-order valence-electron chi connectivity index (χ2n) is 5.79. The number of rotatable bonds is 4. The molecule has 6 heteroatoms. The lowest BCUT2D eigenvalue weighted by Gasteiger charge is -2.19. The van der Waals surface area contributed by atoms with Gasteiger partial charge in [0.05, 0.1) is 25.1 Å². The van der Waals surface area contributed by atoms with E-state index in [9.17, 15) is 4.79 Å². The van der Waals surface area contributed by atoms with Crippen LogP contribution in [0.15, 0.2) is 53.4 Å². The number of hydrogen-bond donors (Lipinski definition) is 0. The maximum Gasteiger partial charge on any atom is 0.359 e. The molecule has 0 bridgehead atoms. The summed E-state index contributed by atoms with van der Waals surface area (Å²) in [5.74, 6) is 1.07. The molecule has 5 nitrogen and oxygen atoms in total. The van der Waals surface area contributed by atoms with Gasteiger partial charge in [-0.1, -0.05) is 18.2 Å². The number of para-hydroxylation sites is 1. The van der Waals surface area contributed by atoms with E-state index in [2.05, 4.69) is 5.10 Å².